The minimum atomic E-state index is -0.499. The molecule has 4 rings (SSSR count). The van der Waals surface area contributed by atoms with Crippen molar-refractivity contribution in [2.45, 2.75) is 12.5 Å². The third-order valence-electron chi connectivity index (χ3n) is 3.85. The first-order chi connectivity index (χ1) is 10.2. The predicted octanol–water partition coefficient (Wildman–Crippen LogP) is 2.87. The number of fused-ring (bicyclic) bond motifs is 2. The lowest BCUT2D eigenvalue weighted by atomic mass is 10.1. The van der Waals surface area contributed by atoms with Crippen LogP contribution in [-0.4, -0.2) is 12.5 Å². The fourth-order valence-corrected chi connectivity index (χ4v) is 2.82. The van der Waals surface area contributed by atoms with E-state index in [0.29, 0.717) is 12.3 Å². The van der Waals surface area contributed by atoms with Gasteiger partial charge in [0.1, 0.15) is 17.6 Å². The smallest absolute Gasteiger partial charge is 0.251 e. The molecule has 2 aliphatic rings. The molecule has 1 amide bonds. The molecule has 0 saturated carbocycles. The Labute approximate surface area is 120 Å². The summed E-state index contributed by atoms with van der Waals surface area (Å²) in [6.07, 6.45) is 0.878. The van der Waals surface area contributed by atoms with Gasteiger partial charge in [-0.1, -0.05) is 6.07 Å². The fourth-order valence-electron chi connectivity index (χ4n) is 2.82. The molecule has 2 aliphatic heterocycles. The van der Waals surface area contributed by atoms with Gasteiger partial charge >= 0.3 is 0 Å². The van der Waals surface area contributed by atoms with Crippen molar-refractivity contribution >= 4 is 17.3 Å². The molecule has 0 aliphatic carbocycles. The summed E-state index contributed by atoms with van der Waals surface area (Å²) in [5.41, 5.74) is 3.29. The van der Waals surface area contributed by atoms with Crippen LogP contribution in [0.4, 0.5) is 15.8 Å². The van der Waals surface area contributed by atoms with E-state index in [2.05, 4.69) is 10.6 Å². The van der Waals surface area contributed by atoms with Crippen molar-refractivity contribution in [1.82, 2.24) is 0 Å². The van der Waals surface area contributed by atoms with Gasteiger partial charge in [0, 0.05) is 23.4 Å². The zero-order chi connectivity index (χ0) is 14.4. The molecule has 1 atom stereocenters. The van der Waals surface area contributed by atoms with Gasteiger partial charge in [-0.15, -0.1) is 0 Å². The van der Waals surface area contributed by atoms with Crippen LogP contribution < -0.4 is 15.4 Å². The molecule has 0 spiro atoms. The monoisotopic (exact) mass is 284 g/mol. The Balaban J connectivity index is 1.64. The third-order valence-corrected chi connectivity index (χ3v) is 3.85. The van der Waals surface area contributed by atoms with Crippen LogP contribution in [0.1, 0.15) is 17.2 Å². The van der Waals surface area contributed by atoms with Crippen LogP contribution in [0, 0.1) is 5.82 Å². The van der Waals surface area contributed by atoms with E-state index in [4.69, 9.17) is 4.74 Å². The number of rotatable bonds is 2. The molecule has 106 valence electrons. The lowest BCUT2D eigenvalue weighted by molar-refractivity contribution is -0.116. The van der Waals surface area contributed by atoms with E-state index in [1.165, 1.54) is 12.1 Å². The highest BCUT2D eigenvalue weighted by Gasteiger charge is 2.30. The van der Waals surface area contributed by atoms with Gasteiger partial charge in [-0.2, -0.15) is 0 Å². The first-order valence-corrected chi connectivity index (χ1v) is 6.83. The molecule has 2 N–H and O–H groups in total. The Morgan fingerprint density at radius 1 is 1.24 bits per heavy atom. The van der Waals surface area contributed by atoms with E-state index >= 15 is 0 Å². The Hall–Kier alpha value is -2.56. The number of nitrogens with one attached hydrogen (secondary N) is 2. The van der Waals surface area contributed by atoms with Crippen LogP contribution >= 0.6 is 0 Å². The Kier molecular flexibility index (Phi) is 2.60. The molecule has 1 unspecified atom stereocenters. The highest BCUT2D eigenvalue weighted by molar-refractivity contribution is 6.04. The third kappa shape index (κ3) is 2.01. The van der Waals surface area contributed by atoms with Crippen LogP contribution in [0.5, 0.6) is 5.75 Å². The summed E-state index contributed by atoms with van der Waals surface area (Å²) in [5.74, 6) is 0.371. The van der Waals surface area contributed by atoms with Crippen molar-refractivity contribution in [2.75, 3.05) is 17.2 Å². The zero-order valence-electron chi connectivity index (χ0n) is 11.2. The van der Waals surface area contributed by atoms with Crippen molar-refractivity contribution in [2.24, 2.45) is 0 Å². The van der Waals surface area contributed by atoms with Gasteiger partial charge in [0.15, 0.2) is 0 Å². The molecule has 5 heteroatoms. The van der Waals surface area contributed by atoms with Gasteiger partial charge in [-0.05, 0) is 35.9 Å². The Bertz CT molecular complexity index is 745. The molecule has 4 nitrogen and oxygen atoms in total. The van der Waals surface area contributed by atoms with E-state index in [1.807, 2.05) is 18.2 Å². The number of hydrogen-bond acceptors (Lipinski definition) is 3. The van der Waals surface area contributed by atoms with E-state index in [-0.39, 0.29) is 11.7 Å². The fraction of sp³-hybridized carbons (Fsp3) is 0.188. The number of anilines is 2. The van der Waals surface area contributed by atoms with Gasteiger partial charge in [0.05, 0.1) is 6.61 Å². The number of carbonyl (C=O) groups excluding carboxylic acids is 1. The number of benzene rings is 2. The lowest BCUT2D eigenvalue weighted by Crippen LogP contribution is -2.19. The van der Waals surface area contributed by atoms with Gasteiger partial charge in [-0.3, -0.25) is 4.79 Å². The summed E-state index contributed by atoms with van der Waals surface area (Å²) < 4.78 is 18.7. The second-order valence-corrected chi connectivity index (χ2v) is 5.22. The van der Waals surface area contributed by atoms with Gasteiger partial charge < -0.3 is 15.4 Å². The van der Waals surface area contributed by atoms with Crippen molar-refractivity contribution in [3.05, 3.63) is 53.3 Å². The summed E-state index contributed by atoms with van der Waals surface area (Å²) in [7, 11) is 0. The molecule has 0 bridgehead atoms. The number of ether oxygens (including phenoxy) is 1. The van der Waals surface area contributed by atoms with E-state index in [9.17, 15) is 9.18 Å². The maximum Gasteiger partial charge on any atom is 0.251 e. The van der Waals surface area contributed by atoms with Gasteiger partial charge in [-0.25, -0.2) is 4.39 Å². The molecule has 0 radical (unpaired) electrons. The van der Waals surface area contributed by atoms with Crippen molar-refractivity contribution < 1.29 is 13.9 Å². The maximum absolute atomic E-state index is 13.2. The second-order valence-electron chi connectivity index (χ2n) is 5.22. The summed E-state index contributed by atoms with van der Waals surface area (Å²) in [6.45, 7) is 0.699. The highest BCUT2D eigenvalue weighted by atomic mass is 19.1. The first-order valence-electron chi connectivity index (χ1n) is 6.83. The van der Waals surface area contributed by atoms with Crippen LogP contribution in [0.25, 0.3) is 0 Å². The van der Waals surface area contributed by atoms with Crippen LogP contribution in [0.3, 0.4) is 0 Å². The SMILES string of the molecule is O=C1Nc2cc(F)ccc2C1Nc1ccc2c(c1)CCO2. The zero-order valence-corrected chi connectivity index (χ0v) is 11.2. The summed E-state index contributed by atoms with van der Waals surface area (Å²) in [4.78, 5) is 12.1. The second kappa shape index (κ2) is 4.48. The first kappa shape index (κ1) is 12.2. The summed E-state index contributed by atoms with van der Waals surface area (Å²) in [5, 5.41) is 5.90. The minimum Gasteiger partial charge on any atom is -0.493 e. The summed E-state index contributed by atoms with van der Waals surface area (Å²) >= 11 is 0. The van der Waals surface area contributed by atoms with E-state index in [0.717, 1.165) is 29.0 Å². The Morgan fingerprint density at radius 3 is 3.05 bits per heavy atom. The molecule has 0 saturated heterocycles. The van der Waals surface area contributed by atoms with Crippen molar-refractivity contribution in [3.63, 3.8) is 0 Å². The van der Waals surface area contributed by atoms with Crippen molar-refractivity contribution in [1.29, 1.82) is 0 Å². The van der Waals surface area contributed by atoms with Crippen LogP contribution in [0.15, 0.2) is 36.4 Å². The molecule has 2 aromatic rings. The molecular weight excluding hydrogens is 271 g/mol. The molecule has 2 aromatic carbocycles. The minimum absolute atomic E-state index is 0.174. The predicted molar refractivity (Wildman–Crippen MR) is 77.0 cm³/mol. The standard InChI is InChI=1S/C16H13FN2O2/c17-10-1-3-12-13(8-10)19-16(20)15(12)18-11-2-4-14-9(7-11)5-6-21-14/h1-4,7-8,15,18H,5-6H2,(H,19,20). The number of hydrogen-bond donors (Lipinski definition) is 2. The quantitative estimate of drug-likeness (QED) is 0.891. The Morgan fingerprint density at radius 2 is 2.14 bits per heavy atom. The largest absolute Gasteiger partial charge is 0.493 e. The molecular formula is C16H13FN2O2. The van der Waals surface area contributed by atoms with Crippen molar-refractivity contribution in [3.8, 4) is 5.75 Å². The normalized spacial score (nSPS) is 18.7. The molecule has 2 heterocycles. The average molecular weight is 284 g/mol. The van der Waals surface area contributed by atoms with Crippen LogP contribution in [-0.2, 0) is 11.2 Å². The lowest BCUT2D eigenvalue weighted by Gasteiger charge is -2.13. The number of halogens is 1. The van der Waals surface area contributed by atoms with Gasteiger partial charge in [0.2, 0.25) is 0 Å². The topological polar surface area (TPSA) is 50.4 Å². The maximum atomic E-state index is 13.2. The number of amides is 1. The average Bonchev–Trinajstić information content (AvgIpc) is 3.03. The van der Waals surface area contributed by atoms with E-state index < -0.39 is 6.04 Å². The van der Waals surface area contributed by atoms with Crippen LogP contribution in [0.2, 0.25) is 0 Å². The van der Waals surface area contributed by atoms with E-state index in [1.54, 1.807) is 6.07 Å². The highest BCUT2D eigenvalue weighted by Crippen LogP contribution is 2.35. The van der Waals surface area contributed by atoms with Gasteiger partial charge in [0.25, 0.3) is 5.91 Å². The number of carbonyl (C=O) groups is 1. The molecule has 0 fully saturated rings. The molecule has 0 aromatic heterocycles. The summed E-state index contributed by atoms with van der Waals surface area (Å²) in [6, 6.07) is 9.63. The molecule has 21 heavy (non-hydrogen) atoms.